The first kappa shape index (κ1) is 15.0. The van der Waals surface area contributed by atoms with Crippen molar-refractivity contribution in [3.8, 4) is 6.07 Å². The van der Waals surface area contributed by atoms with Gasteiger partial charge in [0, 0.05) is 24.8 Å². The number of nitrogens with zero attached hydrogens (tertiary/aromatic N) is 2. The van der Waals surface area contributed by atoms with Crippen LogP contribution in [0.25, 0.3) is 0 Å². The lowest BCUT2D eigenvalue weighted by molar-refractivity contribution is -0.138. The van der Waals surface area contributed by atoms with Crippen molar-refractivity contribution in [2.24, 2.45) is 0 Å². The van der Waals surface area contributed by atoms with Gasteiger partial charge in [0.2, 0.25) is 0 Å². The average Bonchev–Trinajstić information content (AvgIpc) is 2.47. The quantitative estimate of drug-likeness (QED) is 0.940. The smallest absolute Gasteiger partial charge is 0.308 e. The van der Waals surface area contributed by atoms with Crippen molar-refractivity contribution in [3.05, 3.63) is 65.0 Å². The summed E-state index contributed by atoms with van der Waals surface area (Å²) in [6.45, 7) is 0.346. The van der Waals surface area contributed by atoms with Crippen molar-refractivity contribution in [2.45, 2.75) is 19.3 Å². The fourth-order valence-electron chi connectivity index (χ4n) is 1.96. The minimum atomic E-state index is -4.37. The molecular weight excluding hydrogens is 279 g/mol. The molecule has 0 bridgehead atoms. The highest BCUT2D eigenvalue weighted by atomic mass is 19.4. The van der Waals surface area contributed by atoms with Gasteiger partial charge in [-0.05, 0) is 17.7 Å². The van der Waals surface area contributed by atoms with Gasteiger partial charge in [0.1, 0.15) is 11.8 Å². The van der Waals surface area contributed by atoms with Crippen LogP contribution in [0.15, 0.2) is 42.6 Å². The van der Waals surface area contributed by atoms with Crippen molar-refractivity contribution in [1.82, 2.24) is 10.3 Å². The molecule has 0 saturated heterocycles. The minimum Gasteiger partial charge on any atom is -0.308 e. The molecule has 0 aliphatic carbocycles. The first-order valence-corrected chi connectivity index (χ1v) is 6.22. The zero-order valence-corrected chi connectivity index (χ0v) is 11.0. The number of nitriles is 1. The number of benzene rings is 1. The van der Waals surface area contributed by atoms with Gasteiger partial charge in [-0.3, -0.25) is 0 Å². The first-order chi connectivity index (χ1) is 10.0. The maximum absolute atomic E-state index is 12.8. The molecule has 0 aliphatic rings. The highest BCUT2D eigenvalue weighted by molar-refractivity contribution is 5.31. The largest absolute Gasteiger partial charge is 0.416 e. The van der Waals surface area contributed by atoms with E-state index in [-0.39, 0.29) is 24.3 Å². The van der Waals surface area contributed by atoms with Crippen LogP contribution in [0.1, 0.15) is 22.4 Å². The number of hydrogen-bond donors (Lipinski definition) is 1. The summed E-state index contributed by atoms with van der Waals surface area (Å²) in [6.07, 6.45) is -2.87. The Kier molecular flexibility index (Phi) is 4.55. The van der Waals surface area contributed by atoms with E-state index in [9.17, 15) is 13.2 Å². The molecule has 0 unspecified atom stereocenters. The molecule has 1 aromatic heterocycles. The molecule has 0 radical (unpaired) electrons. The summed E-state index contributed by atoms with van der Waals surface area (Å²) in [5.41, 5.74) is 0.454. The number of halogens is 3. The lowest BCUT2D eigenvalue weighted by Crippen LogP contribution is -2.18. The zero-order valence-electron chi connectivity index (χ0n) is 11.0. The van der Waals surface area contributed by atoms with E-state index in [0.29, 0.717) is 5.56 Å². The van der Waals surface area contributed by atoms with Gasteiger partial charge in [-0.1, -0.05) is 24.3 Å². The highest BCUT2D eigenvalue weighted by Crippen LogP contribution is 2.31. The number of pyridine rings is 1. The van der Waals surface area contributed by atoms with Crippen molar-refractivity contribution >= 4 is 0 Å². The van der Waals surface area contributed by atoms with Crippen LogP contribution in [-0.2, 0) is 19.3 Å². The van der Waals surface area contributed by atoms with E-state index in [1.165, 1.54) is 18.3 Å². The van der Waals surface area contributed by atoms with Gasteiger partial charge < -0.3 is 5.32 Å². The van der Waals surface area contributed by atoms with E-state index in [2.05, 4.69) is 10.3 Å². The molecule has 0 fully saturated rings. The summed E-state index contributed by atoms with van der Waals surface area (Å²) in [4.78, 5) is 3.90. The Hall–Kier alpha value is -2.39. The Morgan fingerprint density at radius 2 is 1.71 bits per heavy atom. The second-order valence-electron chi connectivity index (χ2n) is 4.38. The monoisotopic (exact) mass is 291 g/mol. The third-order valence-corrected chi connectivity index (χ3v) is 2.95. The van der Waals surface area contributed by atoms with Gasteiger partial charge in [0.05, 0.1) is 5.56 Å². The number of alkyl halides is 3. The molecule has 6 heteroatoms. The molecule has 1 aromatic carbocycles. The number of nitrogens with one attached hydrogen (secondary N) is 1. The topological polar surface area (TPSA) is 48.7 Å². The van der Waals surface area contributed by atoms with Gasteiger partial charge in [-0.2, -0.15) is 18.4 Å². The standard InChI is InChI=1S/C15H12F3N3/c16-15(17,18)13-6-2-1-4-11(13)9-20-10-12-5-3-7-21-14(12)8-19/h1-7,20H,9-10H2. The Bertz CT molecular complexity index is 660. The summed E-state index contributed by atoms with van der Waals surface area (Å²) in [7, 11) is 0. The summed E-state index contributed by atoms with van der Waals surface area (Å²) in [5.74, 6) is 0. The molecule has 1 N–H and O–H groups in total. The molecule has 0 amide bonds. The van der Waals surface area contributed by atoms with Crippen LogP contribution in [0.2, 0.25) is 0 Å². The molecule has 2 rings (SSSR count). The second-order valence-corrected chi connectivity index (χ2v) is 4.38. The van der Waals surface area contributed by atoms with Crippen molar-refractivity contribution in [3.63, 3.8) is 0 Å². The van der Waals surface area contributed by atoms with E-state index in [1.807, 2.05) is 6.07 Å². The van der Waals surface area contributed by atoms with Crippen molar-refractivity contribution in [2.75, 3.05) is 0 Å². The molecule has 108 valence electrons. The van der Waals surface area contributed by atoms with Crippen LogP contribution in [0.3, 0.4) is 0 Å². The first-order valence-electron chi connectivity index (χ1n) is 6.22. The Balaban J connectivity index is 2.07. The van der Waals surface area contributed by atoms with E-state index in [1.54, 1.807) is 18.2 Å². The van der Waals surface area contributed by atoms with Crippen molar-refractivity contribution in [1.29, 1.82) is 5.26 Å². The lowest BCUT2D eigenvalue weighted by Gasteiger charge is -2.13. The lowest BCUT2D eigenvalue weighted by atomic mass is 10.1. The molecular formula is C15H12F3N3. The summed E-state index contributed by atoms with van der Waals surface area (Å²) in [5, 5.41) is 11.8. The van der Waals surface area contributed by atoms with Crippen LogP contribution in [0.4, 0.5) is 13.2 Å². The van der Waals surface area contributed by atoms with Crippen LogP contribution >= 0.6 is 0 Å². The second kappa shape index (κ2) is 6.37. The third-order valence-electron chi connectivity index (χ3n) is 2.95. The van der Waals surface area contributed by atoms with E-state index < -0.39 is 11.7 Å². The normalized spacial score (nSPS) is 11.1. The summed E-state index contributed by atoms with van der Waals surface area (Å²) >= 11 is 0. The van der Waals surface area contributed by atoms with Crippen LogP contribution in [-0.4, -0.2) is 4.98 Å². The van der Waals surface area contributed by atoms with Gasteiger partial charge in [-0.25, -0.2) is 4.98 Å². The Labute approximate surface area is 120 Å². The molecule has 2 aromatic rings. The molecule has 0 spiro atoms. The number of rotatable bonds is 4. The third kappa shape index (κ3) is 3.80. The zero-order chi connectivity index (χ0) is 15.3. The Morgan fingerprint density at radius 3 is 2.43 bits per heavy atom. The summed E-state index contributed by atoms with van der Waals surface area (Å²) < 4.78 is 38.5. The fourth-order valence-corrected chi connectivity index (χ4v) is 1.96. The van der Waals surface area contributed by atoms with E-state index >= 15 is 0 Å². The molecule has 21 heavy (non-hydrogen) atoms. The van der Waals surface area contributed by atoms with Crippen LogP contribution in [0, 0.1) is 11.3 Å². The minimum absolute atomic E-state index is 0.0649. The van der Waals surface area contributed by atoms with Gasteiger partial charge in [-0.15, -0.1) is 0 Å². The fraction of sp³-hybridized carbons (Fsp3) is 0.200. The molecule has 3 nitrogen and oxygen atoms in total. The van der Waals surface area contributed by atoms with E-state index in [4.69, 9.17) is 5.26 Å². The molecule has 0 atom stereocenters. The predicted octanol–water partition coefficient (Wildman–Crippen LogP) is 3.26. The van der Waals surface area contributed by atoms with Crippen LogP contribution in [0.5, 0.6) is 0 Å². The molecule has 0 aliphatic heterocycles. The SMILES string of the molecule is N#Cc1ncccc1CNCc1ccccc1C(F)(F)F. The Morgan fingerprint density at radius 1 is 1.05 bits per heavy atom. The van der Waals surface area contributed by atoms with Gasteiger partial charge in [0.25, 0.3) is 0 Å². The van der Waals surface area contributed by atoms with Crippen LogP contribution < -0.4 is 5.32 Å². The highest BCUT2D eigenvalue weighted by Gasteiger charge is 2.32. The predicted molar refractivity (Wildman–Crippen MR) is 70.9 cm³/mol. The van der Waals surface area contributed by atoms with E-state index in [0.717, 1.165) is 6.07 Å². The maximum atomic E-state index is 12.8. The van der Waals surface area contributed by atoms with Gasteiger partial charge >= 0.3 is 6.18 Å². The number of aromatic nitrogens is 1. The van der Waals surface area contributed by atoms with Gasteiger partial charge in [0.15, 0.2) is 0 Å². The number of hydrogen-bond acceptors (Lipinski definition) is 3. The molecule has 1 heterocycles. The summed E-state index contributed by atoms with van der Waals surface area (Å²) in [6, 6.07) is 10.8. The molecule has 0 saturated carbocycles. The van der Waals surface area contributed by atoms with Crippen molar-refractivity contribution < 1.29 is 13.2 Å². The average molecular weight is 291 g/mol. The maximum Gasteiger partial charge on any atom is 0.416 e.